The standard InChI is InChI=1S/C9H11F3N2O3/c1-13-6(9(10,11)12)5(3-4-15)7(16)14(2)8(13)17/h15H,3-4H2,1-2H3. The maximum atomic E-state index is 12.7. The molecule has 0 radical (unpaired) electrons. The number of aliphatic hydroxyl groups is 1. The second-order valence-electron chi connectivity index (χ2n) is 3.50. The van der Waals surface area contributed by atoms with E-state index in [0.29, 0.717) is 9.13 Å². The van der Waals surface area contributed by atoms with Gasteiger partial charge in [0.2, 0.25) is 0 Å². The lowest BCUT2D eigenvalue weighted by Gasteiger charge is -2.16. The van der Waals surface area contributed by atoms with Crippen LogP contribution in [0.3, 0.4) is 0 Å². The molecule has 0 saturated carbocycles. The first-order valence-electron chi connectivity index (χ1n) is 4.68. The molecular formula is C9H11F3N2O3. The molecule has 96 valence electrons. The first kappa shape index (κ1) is 13.5. The van der Waals surface area contributed by atoms with E-state index in [2.05, 4.69) is 0 Å². The molecule has 0 unspecified atom stereocenters. The van der Waals surface area contributed by atoms with Crippen molar-refractivity contribution in [3.05, 3.63) is 32.1 Å². The maximum absolute atomic E-state index is 12.7. The van der Waals surface area contributed by atoms with Crippen molar-refractivity contribution >= 4 is 0 Å². The van der Waals surface area contributed by atoms with Crippen LogP contribution in [-0.2, 0) is 26.7 Å². The molecule has 0 spiro atoms. The Morgan fingerprint density at radius 1 is 1.18 bits per heavy atom. The number of aliphatic hydroxyl groups excluding tert-OH is 1. The van der Waals surface area contributed by atoms with Crippen LogP contribution in [-0.4, -0.2) is 20.8 Å². The Hall–Kier alpha value is -1.57. The molecule has 17 heavy (non-hydrogen) atoms. The monoisotopic (exact) mass is 252 g/mol. The third kappa shape index (κ3) is 2.26. The van der Waals surface area contributed by atoms with Crippen molar-refractivity contribution < 1.29 is 18.3 Å². The van der Waals surface area contributed by atoms with Crippen molar-refractivity contribution in [2.45, 2.75) is 12.6 Å². The number of alkyl halides is 3. The van der Waals surface area contributed by atoms with E-state index in [-0.39, 0.29) is 0 Å². The van der Waals surface area contributed by atoms with Gasteiger partial charge in [0, 0.05) is 32.7 Å². The molecule has 5 nitrogen and oxygen atoms in total. The van der Waals surface area contributed by atoms with Crippen LogP contribution in [0.25, 0.3) is 0 Å². The van der Waals surface area contributed by atoms with Gasteiger partial charge in [0.15, 0.2) is 0 Å². The molecule has 1 rings (SSSR count). The van der Waals surface area contributed by atoms with E-state index in [9.17, 15) is 22.8 Å². The summed E-state index contributed by atoms with van der Waals surface area (Å²) in [5, 5.41) is 8.68. The zero-order chi connectivity index (χ0) is 13.4. The largest absolute Gasteiger partial charge is 0.432 e. The van der Waals surface area contributed by atoms with Crippen molar-refractivity contribution in [3.63, 3.8) is 0 Å². The average Bonchev–Trinajstić information content (AvgIpc) is 2.21. The van der Waals surface area contributed by atoms with Gasteiger partial charge in [-0.2, -0.15) is 13.2 Å². The van der Waals surface area contributed by atoms with Crippen LogP contribution >= 0.6 is 0 Å². The summed E-state index contributed by atoms with van der Waals surface area (Å²) in [6, 6.07) is 0. The predicted molar refractivity (Wildman–Crippen MR) is 52.7 cm³/mol. The van der Waals surface area contributed by atoms with Crippen LogP contribution in [0.15, 0.2) is 9.59 Å². The Bertz CT molecular complexity index is 542. The summed E-state index contributed by atoms with van der Waals surface area (Å²) in [7, 11) is 2.02. The van der Waals surface area contributed by atoms with Gasteiger partial charge >= 0.3 is 11.9 Å². The summed E-state index contributed by atoms with van der Waals surface area (Å²) in [6.07, 6.45) is -5.26. The summed E-state index contributed by atoms with van der Waals surface area (Å²) >= 11 is 0. The number of rotatable bonds is 2. The van der Waals surface area contributed by atoms with Crippen molar-refractivity contribution in [1.29, 1.82) is 0 Å². The number of aromatic nitrogens is 2. The summed E-state index contributed by atoms with van der Waals surface area (Å²) < 4.78 is 39.2. The summed E-state index contributed by atoms with van der Waals surface area (Å²) in [6.45, 7) is -0.601. The van der Waals surface area contributed by atoms with E-state index in [1.54, 1.807) is 0 Å². The lowest BCUT2D eigenvalue weighted by Crippen LogP contribution is -2.43. The third-order valence-electron chi connectivity index (χ3n) is 2.39. The molecular weight excluding hydrogens is 241 g/mol. The fraction of sp³-hybridized carbons (Fsp3) is 0.556. The van der Waals surface area contributed by atoms with Crippen LogP contribution in [0.1, 0.15) is 11.3 Å². The van der Waals surface area contributed by atoms with E-state index in [0.717, 1.165) is 14.1 Å². The Morgan fingerprint density at radius 2 is 1.71 bits per heavy atom. The van der Waals surface area contributed by atoms with Crippen LogP contribution in [0.4, 0.5) is 13.2 Å². The zero-order valence-corrected chi connectivity index (χ0v) is 9.21. The topological polar surface area (TPSA) is 64.2 Å². The predicted octanol–water partition coefficient (Wildman–Crippen LogP) is -0.362. The van der Waals surface area contributed by atoms with Gasteiger partial charge in [-0.25, -0.2) is 4.79 Å². The number of nitrogens with zero attached hydrogens (tertiary/aromatic N) is 2. The molecule has 0 aliphatic carbocycles. The minimum absolute atomic E-state index is 0.367. The number of hydrogen-bond donors (Lipinski definition) is 1. The third-order valence-corrected chi connectivity index (χ3v) is 2.39. The second kappa shape index (κ2) is 4.36. The van der Waals surface area contributed by atoms with Crippen molar-refractivity contribution in [3.8, 4) is 0 Å². The van der Waals surface area contributed by atoms with Crippen molar-refractivity contribution in [2.24, 2.45) is 14.1 Å². The fourth-order valence-corrected chi connectivity index (χ4v) is 1.61. The SMILES string of the molecule is Cn1c(C(F)(F)F)c(CCO)c(=O)n(C)c1=O. The minimum Gasteiger partial charge on any atom is -0.396 e. The maximum Gasteiger partial charge on any atom is 0.432 e. The van der Waals surface area contributed by atoms with Gasteiger partial charge in [0.1, 0.15) is 5.69 Å². The van der Waals surface area contributed by atoms with E-state index < -0.39 is 41.7 Å². The number of halogens is 3. The van der Waals surface area contributed by atoms with E-state index >= 15 is 0 Å². The highest BCUT2D eigenvalue weighted by molar-refractivity contribution is 5.21. The van der Waals surface area contributed by atoms with Gasteiger partial charge in [0.25, 0.3) is 5.56 Å². The van der Waals surface area contributed by atoms with Gasteiger partial charge in [-0.1, -0.05) is 0 Å². The molecule has 1 aromatic heterocycles. The lowest BCUT2D eigenvalue weighted by atomic mass is 10.1. The summed E-state index contributed by atoms with van der Waals surface area (Å²) in [4.78, 5) is 22.9. The van der Waals surface area contributed by atoms with Crippen LogP contribution in [0.5, 0.6) is 0 Å². The molecule has 1 heterocycles. The Balaban J connectivity index is 3.79. The van der Waals surface area contributed by atoms with Crippen LogP contribution < -0.4 is 11.2 Å². The Kier molecular flexibility index (Phi) is 3.46. The molecule has 0 aromatic carbocycles. The highest BCUT2D eigenvalue weighted by Gasteiger charge is 2.38. The van der Waals surface area contributed by atoms with Crippen LogP contribution in [0, 0.1) is 0 Å². The highest BCUT2D eigenvalue weighted by atomic mass is 19.4. The lowest BCUT2D eigenvalue weighted by molar-refractivity contribution is -0.144. The van der Waals surface area contributed by atoms with Crippen LogP contribution in [0.2, 0.25) is 0 Å². The number of hydrogen-bond acceptors (Lipinski definition) is 3. The highest BCUT2D eigenvalue weighted by Crippen LogP contribution is 2.29. The first-order valence-corrected chi connectivity index (χ1v) is 4.68. The van der Waals surface area contributed by atoms with E-state index in [4.69, 9.17) is 5.11 Å². The molecule has 0 amide bonds. The zero-order valence-electron chi connectivity index (χ0n) is 9.21. The van der Waals surface area contributed by atoms with Gasteiger partial charge in [-0.05, 0) is 0 Å². The normalized spacial score (nSPS) is 11.9. The van der Waals surface area contributed by atoms with Gasteiger partial charge in [0.05, 0.1) is 0 Å². The Morgan fingerprint density at radius 3 is 2.12 bits per heavy atom. The van der Waals surface area contributed by atoms with Crippen molar-refractivity contribution in [1.82, 2.24) is 9.13 Å². The first-order chi connectivity index (χ1) is 7.71. The fourth-order valence-electron chi connectivity index (χ4n) is 1.61. The molecule has 1 N–H and O–H groups in total. The molecule has 0 aliphatic rings. The molecule has 0 aliphatic heterocycles. The molecule has 1 aromatic rings. The van der Waals surface area contributed by atoms with E-state index in [1.165, 1.54) is 0 Å². The van der Waals surface area contributed by atoms with Gasteiger partial charge in [-0.3, -0.25) is 13.9 Å². The molecule has 0 fully saturated rings. The quantitative estimate of drug-likeness (QED) is 0.781. The molecule has 8 heteroatoms. The van der Waals surface area contributed by atoms with Gasteiger partial charge < -0.3 is 5.11 Å². The minimum atomic E-state index is -4.81. The van der Waals surface area contributed by atoms with Crippen molar-refractivity contribution in [2.75, 3.05) is 6.61 Å². The summed E-state index contributed by atoms with van der Waals surface area (Å²) in [5.41, 5.74) is -4.00. The van der Waals surface area contributed by atoms with Gasteiger partial charge in [-0.15, -0.1) is 0 Å². The summed E-state index contributed by atoms with van der Waals surface area (Å²) in [5.74, 6) is 0. The average molecular weight is 252 g/mol. The molecule has 0 bridgehead atoms. The van der Waals surface area contributed by atoms with E-state index in [1.807, 2.05) is 0 Å². The second-order valence-corrected chi connectivity index (χ2v) is 3.50. The Labute approximate surface area is 93.7 Å². The molecule has 0 atom stereocenters. The smallest absolute Gasteiger partial charge is 0.396 e. The molecule has 0 saturated heterocycles.